The molecule has 0 aromatic heterocycles. The molecule has 3 saturated heterocycles. The van der Waals surface area contributed by atoms with Gasteiger partial charge in [0.25, 0.3) is 0 Å². The van der Waals surface area contributed by atoms with Crippen LogP contribution < -0.4 is 0 Å². The Kier molecular flexibility index (Phi) is 4.07. The maximum Gasteiger partial charge on any atom is 0.345 e. The number of rotatable bonds is 1. The molecule has 10 nitrogen and oxygen atoms in total. The molecule has 2 aliphatic carbocycles. The molecule has 2 saturated carbocycles. The smallest absolute Gasteiger partial charge is 0.345 e. The van der Waals surface area contributed by atoms with E-state index in [9.17, 15) is 24.3 Å². The van der Waals surface area contributed by atoms with E-state index in [4.69, 9.17) is 23.7 Å². The molecule has 4 heterocycles. The zero-order valence-corrected chi connectivity index (χ0v) is 21.6. The highest BCUT2D eigenvalue weighted by Gasteiger charge is 3.00. The Morgan fingerprint density at radius 1 is 1.05 bits per heavy atom. The van der Waals surface area contributed by atoms with E-state index >= 15 is 0 Å². The molecule has 6 aliphatic rings. The zero-order valence-electron chi connectivity index (χ0n) is 21.6. The summed E-state index contributed by atoms with van der Waals surface area (Å²) in [5.41, 5.74) is -11.1. The van der Waals surface area contributed by atoms with Crippen molar-refractivity contribution in [1.29, 1.82) is 0 Å². The predicted molar refractivity (Wildman–Crippen MR) is 123 cm³/mol. The van der Waals surface area contributed by atoms with E-state index in [1.165, 1.54) is 26.8 Å². The van der Waals surface area contributed by atoms with E-state index < -0.39 is 80.8 Å². The number of cyclic esters (lactones) is 2. The number of aliphatic hydroxyl groups is 1. The Balaban J connectivity index is 1.77. The number of hydrogen-bond donors (Lipinski definition) is 1. The van der Waals surface area contributed by atoms with Crippen LogP contribution in [-0.2, 0) is 42.9 Å². The molecule has 198 valence electrons. The van der Waals surface area contributed by atoms with Gasteiger partial charge in [0.15, 0.2) is 11.7 Å². The fourth-order valence-electron chi connectivity index (χ4n) is 8.75. The quantitative estimate of drug-likeness (QED) is 0.311. The van der Waals surface area contributed by atoms with Gasteiger partial charge in [-0.05, 0) is 45.3 Å². The second-order valence-electron chi connectivity index (χ2n) is 12.0. The van der Waals surface area contributed by atoms with Gasteiger partial charge >= 0.3 is 23.9 Å². The van der Waals surface area contributed by atoms with Crippen LogP contribution in [0.1, 0.15) is 48.0 Å². The number of carbonyl (C=O) groups is 4. The highest BCUT2D eigenvalue weighted by molar-refractivity contribution is 6.03. The molecule has 0 radical (unpaired) electrons. The van der Waals surface area contributed by atoms with Crippen LogP contribution >= 0.6 is 0 Å². The van der Waals surface area contributed by atoms with Gasteiger partial charge in [0.2, 0.25) is 5.60 Å². The molecule has 0 unspecified atom stereocenters. The molecule has 5 fully saturated rings. The van der Waals surface area contributed by atoms with E-state index in [0.29, 0.717) is 0 Å². The lowest BCUT2D eigenvalue weighted by Gasteiger charge is -2.69. The average molecular weight is 515 g/mol. The van der Waals surface area contributed by atoms with Crippen LogP contribution in [-0.4, -0.2) is 69.7 Å². The van der Waals surface area contributed by atoms with Gasteiger partial charge in [-0.15, -0.1) is 0 Å². The molecule has 3 bridgehead atoms. The molecule has 6 rings (SSSR count). The van der Waals surface area contributed by atoms with Crippen molar-refractivity contribution < 1.29 is 48.0 Å². The largest absolute Gasteiger partial charge is 0.458 e. The van der Waals surface area contributed by atoms with Gasteiger partial charge < -0.3 is 28.8 Å². The maximum atomic E-state index is 14.0. The molecule has 2 spiro atoms. The van der Waals surface area contributed by atoms with Crippen LogP contribution in [0, 0.1) is 16.2 Å². The monoisotopic (exact) mass is 514 g/mol. The highest BCUT2D eigenvalue weighted by Crippen LogP contribution is 2.84. The van der Waals surface area contributed by atoms with Crippen molar-refractivity contribution in [2.24, 2.45) is 16.2 Å². The van der Waals surface area contributed by atoms with Crippen molar-refractivity contribution in [3.8, 4) is 0 Å². The van der Waals surface area contributed by atoms with E-state index in [1.807, 2.05) is 0 Å². The fourth-order valence-corrected chi connectivity index (χ4v) is 8.75. The first-order valence-electron chi connectivity index (χ1n) is 12.3. The van der Waals surface area contributed by atoms with Crippen LogP contribution in [0.3, 0.4) is 0 Å². The third-order valence-corrected chi connectivity index (χ3v) is 10.5. The van der Waals surface area contributed by atoms with Crippen molar-refractivity contribution in [2.75, 3.05) is 0 Å². The topological polar surface area (TPSA) is 135 Å². The number of esters is 4. The summed E-state index contributed by atoms with van der Waals surface area (Å²) in [6.45, 7) is 17.9. The predicted octanol–water partition coefficient (Wildman–Crippen LogP) is 1.45. The Labute approximate surface area is 213 Å². The SMILES string of the molecule is C=C1[C@]23C(=O)O[C@@H](C)[C@@]24O[C@]2(C(=C)[C@@]5(C=CC(=O)OC5(C)C)C[C@H](O)[C@@]32C)[C@@H](OC(C)=O)[C@]1(C)OC4=O. The van der Waals surface area contributed by atoms with Gasteiger partial charge in [-0.3, -0.25) is 9.59 Å². The maximum absolute atomic E-state index is 14.0. The first kappa shape index (κ1) is 24.4. The average Bonchev–Trinajstić information content (AvgIpc) is 3.10. The van der Waals surface area contributed by atoms with Crippen molar-refractivity contribution in [1.82, 2.24) is 0 Å². The summed E-state index contributed by atoms with van der Waals surface area (Å²) in [7, 11) is 0. The zero-order chi connectivity index (χ0) is 27.4. The molecule has 0 aromatic rings. The minimum atomic E-state index is -2.03. The summed E-state index contributed by atoms with van der Waals surface area (Å²) in [5.74, 6) is -2.92. The van der Waals surface area contributed by atoms with E-state index in [-0.39, 0.29) is 17.6 Å². The molecular formula is C27H30O10. The summed E-state index contributed by atoms with van der Waals surface area (Å²) in [6.07, 6.45) is -1.02. The molecule has 9 atom stereocenters. The summed E-state index contributed by atoms with van der Waals surface area (Å²) >= 11 is 0. The summed E-state index contributed by atoms with van der Waals surface area (Å²) < 4.78 is 30.1. The normalized spacial score (nSPS) is 52.4. The molecule has 1 N–H and O–H groups in total. The van der Waals surface area contributed by atoms with Crippen molar-refractivity contribution in [3.63, 3.8) is 0 Å². The molecule has 0 amide bonds. The Morgan fingerprint density at radius 3 is 2.30 bits per heavy atom. The Hall–Kier alpha value is -2.98. The Bertz CT molecular complexity index is 1300. The molecular weight excluding hydrogens is 484 g/mol. The lowest BCUT2D eigenvalue weighted by atomic mass is 9.35. The second-order valence-corrected chi connectivity index (χ2v) is 12.0. The van der Waals surface area contributed by atoms with Gasteiger partial charge in [-0.2, -0.15) is 0 Å². The number of hydrogen-bond acceptors (Lipinski definition) is 10. The van der Waals surface area contributed by atoms with Crippen molar-refractivity contribution in [3.05, 3.63) is 36.5 Å². The van der Waals surface area contributed by atoms with Crippen LogP contribution in [0.25, 0.3) is 0 Å². The van der Waals surface area contributed by atoms with Crippen LogP contribution in [0.15, 0.2) is 36.5 Å². The third kappa shape index (κ3) is 1.94. The van der Waals surface area contributed by atoms with Crippen molar-refractivity contribution >= 4 is 23.9 Å². The van der Waals surface area contributed by atoms with Crippen molar-refractivity contribution in [2.45, 2.75) is 88.7 Å². The van der Waals surface area contributed by atoms with Gasteiger partial charge in [-0.25, -0.2) is 9.59 Å². The highest BCUT2D eigenvalue weighted by atomic mass is 16.7. The van der Waals surface area contributed by atoms with Gasteiger partial charge in [-0.1, -0.05) is 26.2 Å². The number of carbonyl (C=O) groups excluding carboxylic acids is 4. The van der Waals surface area contributed by atoms with E-state index in [0.717, 1.165) is 0 Å². The second kappa shape index (κ2) is 6.18. The van der Waals surface area contributed by atoms with Gasteiger partial charge in [0, 0.05) is 13.0 Å². The number of aliphatic hydroxyl groups excluding tert-OH is 1. The summed E-state index contributed by atoms with van der Waals surface area (Å²) in [6, 6.07) is 0. The fraction of sp³-hybridized carbons (Fsp3) is 0.630. The molecule has 0 aromatic carbocycles. The van der Waals surface area contributed by atoms with Crippen LogP contribution in [0.4, 0.5) is 0 Å². The standard InChI is InChI=1S/C27H30O10/c1-12-22(7)18(34-15(4)28)26-13(2)24(10-9-17(30)35-21(24,5)6)11-16(29)23(26,8)25(12)19(31)33-14(3)27(25,37-26)20(32)36-22/h9-10,14,16,18,29H,1-2,11H2,3-8H3/t14-,16-,18-,22+,23-,24+,25+,26+,27-/m0/s1. The lowest BCUT2D eigenvalue weighted by Crippen LogP contribution is -2.82. The van der Waals surface area contributed by atoms with E-state index in [2.05, 4.69) is 13.2 Å². The summed E-state index contributed by atoms with van der Waals surface area (Å²) in [4.78, 5) is 52.7. The molecule has 37 heavy (non-hydrogen) atoms. The van der Waals surface area contributed by atoms with Gasteiger partial charge in [0.1, 0.15) is 22.7 Å². The Morgan fingerprint density at radius 2 is 1.70 bits per heavy atom. The first-order valence-corrected chi connectivity index (χ1v) is 12.3. The minimum absolute atomic E-state index is 0.0322. The van der Waals surface area contributed by atoms with E-state index in [1.54, 1.807) is 26.8 Å². The minimum Gasteiger partial charge on any atom is -0.458 e. The van der Waals surface area contributed by atoms with Crippen LogP contribution in [0.2, 0.25) is 0 Å². The third-order valence-electron chi connectivity index (χ3n) is 10.5. The summed E-state index contributed by atoms with van der Waals surface area (Å²) in [5, 5.41) is 12.1. The number of fused-ring (bicyclic) bond motifs is 1. The lowest BCUT2D eigenvalue weighted by molar-refractivity contribution is -0.262. The molecule has 4 aliphatic heterocycles. The van der Waals surface area contributed by atoms with Crippen LogP contribution in [0.5, 0.6) is 0 Å². The van der Waals surface area contributed by atoms with Gasteiger partial charge in [0.05, 0.1) is 16.9 Å². The first-order chi connectivity index (χ1) is 17.0. The molecule has 10 heteroatoms. The number of ether oxygens (including phenoxy) is 5.